The molecular weight excluding hydrogens is 586 g/mol. The highest BCUT2D eigenvalue weighted by Crippen LogP contribution is 2.41. The fourth-order valence-electron chi connectivity index (χ4n) is 6.85. The van der Waals surface area contributed by atoms with Gasteiger partial charge in [-0.1, -0.05) is 23.7 Å². The van der Waals surface area contributed by atoms with Crippen molar-refractivity contribution < 1.29 is 9.59 Å². The van der Waals surface area contributed by atoms with Crippen LogP contribution in [-0.4, -0.2) is 82.4 Å². The molecule has 0 radical (unpaired) electrons. The quantitative estimate of drug-likeness (QED) is 0.236. The summed E-state index contributed by atoms with van der Waals surface area (Å²) in [6.07, 6.45) is 7.18. The number of halogens is 1. The average molecular weight is 628 g/mol. The number of hydrogen-bond acceptors (Lipinski definition) is 7. The maximum atomic E-state index is 13.1. The van der Waals surface area contributed by atoms with Gasteiger partial charge in [0.05, 0.1) is 5.69 Å². The van der Waals surface area contributed by atoms with E-state index in [9.17, 15) is 9.59 Å². The van der Waals surface area contributed by atoms with Gasteiger partial charge >= 0.3 is 0 Å². The summed E-state index contributed by atoms with van der Waals surface area (Å²) in [5, 5.41) is 8.73. The van der Waals surface area contributed by atoms with Gasteiger partial charge in [0.2, 0.25) is 5.95 Å². The largest absolute Gasteiger partial charge is 0.368 e. The first-order valence-corrected chi connectivity index (χ1v) is 16.3. The molecule has 2 fully saturated rings. The third kappa shape index (κ3) is 6.84. The Bertz CT molecular complexity index is 1640. The highest BCUT2D eigenvalue weighted by Gasteiger charge is 2.37. The molecule has 0 unspecified atom stereocenters. The minimum absolute atomic E-state index is 0.0505. The van der Waals surface area contributed by atoms with Crippen LogP contribution in [0.1, 0.15) is 61.4 Å². The number of benzene rings is 2. The molecule has 2 saturated heterocycles. The van der Waals surface area contributed by atoms with Gasteiger partial charge in [0.15, 0.2) is 5.65 Å². The standard InChI is InChI=1S/C35H42ClN7O2/c1-25(44)14-17-35(27-8-10-28(36)11-9-27)18-23-42(24-19-35)31-5-4-20-43-32(31)38-34(39-43)37-29-12-6-26(7-13-29)33(45)41(3)30-15-21-40(2)22-16-30/h4-13,20,30H,14-19,21-24H2,1-3H3,(H,37,39). The van der Waals surface area contributed by atoms with E-state index in [1.165, 1.54) is 5.56 Å². The fraction of sp³-hybridized carbons (Fsp3) is 0.429. The number of carbonyl (C=O) groups excluding carboxylic acids is 2. The van der Waals surface area contributed by atoms with Crippen molar-refractivity contribution in [2.45, 2.75) is 56.9 Å². The first-order chi connectivity index (χ1) is 21.7. The molecule has 0 aliphatic carbocycles. The van der Waals surface area contributed by atoms with Gasteiger partial charge in [0.1, 0.15) is 5.78 Å². The zero-order valence-corrected chi connectivity index (χ0v) is 27.1. The number of Topliss-reactive ketones (excluding diaryl/α,β-unsaturated/α-hetero) is 1. The number of aromatic nitrogens is 3. The molecule has 1 amide bonds. The zero-order chi connectivity index (χ0) is 31.6. The number of piperidine rings is 2. The Labute approximate surface area is 270 Å². The number of nitrogens with one attached hydrogen (secondary N) is 1. The first-order valence-electron chi connectivity index (χ1n) is 15.9. The summed E-state index contributed by atoms with van der Waals surface area (Å²) < 4.78 is 1.81. The van der Waals surface area contributed by atoms with Gasteiger partial charge < -0.3 is 24.8 Å². The van der Waals surface area contributed by atoms with E-state index in [0.29, 0.717) is 17.9 Å². The zero-order valence-electron chi connectivity index (χ0n) is 26.4. The average Bonchev–Trinajstić information content (AvgIpc) is 3.47. The predicted molar refractivity (Wildman–Crippen MR) is 180 cm³/mol. The second kappa shape index (κ2) is 13.2. The summed E-state index contributed by atoms with van der Waals surface area (Å²) in [5.74, 6) is 0.772. The number of carbonyl (C=O) groups is 2. The maximum absolute atomic E-state index is 13.1. The second-order valence-corrected chi connectivity index (χ2v) is 13.2. The number of pyridine rings is 1. The molecule has 0 bridgehead atoms. The molecule has 4 heterocycles. The van der Waals surface area contributed by atoms with Gasteiger partial charge in [-0.2, -0.15) is 4.98 Å². The third-order valence-electron chi connectivity index (χ3n) is 9.76. The summed E-state index contributed by atoms with van der Waals surface area (Å²) >= 11 is 6.20. The van der Waals surface area contributed by atoms with Crippen LogP contribution in [0.5, 0.6) is 0 Å². The molecule has 0 saturated carbocycles. The van der Waals surface area contributed by atoms with E-state index in [-0.39, 0.29) is 23.1 Å². The topological polar surface area (TPSA) is 86.1 Å². The van der Waals surface area contributed by atoms with Crippen LogP contribution in [0.2, 0.25) is 5.02 Å². The van der Waals surface area contributed by atoms with Crippen molar-refractivity contribution in [2.24, 2.45) is 0 Å². The van der Waals surface area contributed by atoms with Gasteiger partial charge in [-0.25, -0.2) is 4.52 Å². The Morgan fingerprint density at radius 2 is 1.69 bits per heavy atom. The van der Waals surface area contributed by atoms with Crippen LogP contribution in [0.3, 0.4) is 0 Å². The molecule has 2 aromatic heterocycles. The molecule has 0 atom stereocenters. The Morgan fingerprint density at radius 3 is 2.36 bits per heavy atom. The molecule has 9 nitrogen and oxygen atoms in total. The number of nitrogens with zero attached hydrogens (tertiary/aromatic N) is 6. The van der Waals surface area contributed by atoms with Crippen molar-refractivity contribution in [3.05, 3.63) is 83.0 Å². The number of hydrogen-bond donors (Lipinski definition) is 1. The first kappa shape index (κ1) is 31.0. The van der Waals surface area contributed by atoms with Gasteiger partial charge in [-0.05, 0) is 119 Å². The van der Waals surface area contributed by atoms with Crippen molar-refractivity contribution in [1.82, 2.24) is 24.4 Å². The fourth-order valence-corrected chi connectivity index (χ4v) is 6.97. The van der Waals surface area contributed by atoms with Crippen LogP contribution in [0.25, 0.3) is 5.65 Å². The third-order valence-corrected chi connectivity index (χ3v) is 10.0. The number of fused-ring (bicyclic) bond motifs is 1. The Kier molecular flexibility index (Phi) is 9.10. The molecule has 6 rings (SSSR count). The highest BCUT2D eigenvalue weighted by atomic mass is 35.5. The number of amides is 1. The lowest BCUT2D eigenvalue weighted by Gasteiger charge is -2.43. The molecule has 10 heteroatoms. The SMILES string of the molecule is CC(=O)CCC1(c2ccc(Cl)cc2)CCN(c2cccn3nc(Nc4ccc(C(=O)N(C)C5CCN(C)CC5)cc4)nc23)CC1. The molecule has 0 spiro atoms. The van der Waals surface area contributed by atoms with Gasteiger partial charge in [-0.3, -0.25) is 4.79 Å². The molecule has 4 aromatic rings. The second-order valence-electron chi connectivity index (χ2n) is 12.7. The van der Waals surface area contributed by atoms with Crippen LogP contribution in [-0.2, 0) is 10.2 Å². The highest BCUT2D eigenvalue weighted by molar-refractivity contribution is 6.30. The van der Waals surface area contributed by atoms with Crippen LogP contribution >= 0.6 is 11.6 Å². The molecule has 2 aromatic carbocycles. The number of rotatable bonds is 9. The van der Waals surface area contributed by atoms with Gasteiger partial charge in [0, 0.05) is 55.1 Å². The monoisotopic (exact) mass is 627 g/mol. The summed E-state index contributed by atoms with van der Waals surface area (Å²) in [5.41, 5.74) is 4.51. The van der Waals surface area contributed by atoms with E-state index in [1.54, 1.807) is 6.92 Å². The molecular formula is C35H42ClN7O2. The van der Waals surface area contributed by atoms with E-state index in [1.807, 2.05) is 65.1 Å². The molecule has 2 aliphatic rings. The number of likely N-dealkylation sites (tertiary alicyclic amines) is 1. The molecule has 1 N–H and O–H groups in total. The van der Waals surface area contributed by atoms with Crippen LogP contribution in [0, 0.1) is 0 Å². The van der Waals surface area contributed by atoms with E-state index in [0.717, 1.165) is 80.3 Å². The smallest absolute Gasteiger partial charge is 0.253 e. The number of ketones is 1. The Hall–Kier alpha value is -3.95. The molecule has 236 valence electrons. The van der Waals surface area contributed by atoms with Crippen molar-refractivity contribution in [3.8, 4) is 0 Å². The van der Waals surface area contributed by atoms with Crippen molar-refractivity contribution >= 4 is 46.3 Å². The molecule has 2 aliphatic heterocycles. The van der Waals surface area contributed by atoms with E-state index in [4.69, 9.17) is 16.6 Å². The predicted octanol–water partition coefficient (Wildman–Crippen LogP) is 6.20. The van der Waals surface area contributed by atoms with Crippen molar-refractivity contribution in [3.63, 3.8) is 0 Å². The summed E-state index contributed by atoms with van der Waals surface area (Å²) in [6, 6.07) is 20.0. The summed E-state index contributed by atoms with van der Waals surface area (Å²) in [7, 11) is 4.04. The molecule has 45 heavy (non-hydrogen) atoms. The lowest BCUT2D eigenvalue weighted by molar-refractivity contribution is -0.117. The van der Waals surface area contributed by atoms with Crippen molar-refractivity contribution in [2.75, 3.05) is 50.5 Å². The normalized spacial score (nSPS) is 17.4. The van der Waals surface area contributed by atoms with Gasteiger partial charge in [0.25, 0.3) is 5.91 Å². The van der Waals surface area contributed by atoms with Crippen LogP contribution in [0.15, 0.2) is 66.9 Å². The minimum Gasteiger partial charge on any atom is -0.368 e. The van der Waals surface area contributed by atoms with Crippen molar-refractivity contribution in [1.29, 1.82) is 0 Å². The Morgan fingerprint density at radius 1 is 1.00 bits per heavy atom. The summed E-state index contributed by atoms with van der Waals surface area (Å²) in [6.45, 7) is 5.39. The van der Waals surface area contributed by atoms with Crippen LogP contribution in [0.4, 0.5) is 17.3 Å². The van der Waals surface area contributed by atoms with Gasteiger partial charge in [-0.15, -0.1) is 5.10 Å². The van der Waals surface area contributed by atoms with Crippen LogP contribution < -0.4 is 10.2 Å². The number of anilines is 3. The lowest BCUT2D eigenvalue weighted by Crippen LogP contribution is -2.44. The Balaban J connectivity index is 1.14. The summed E-state index contributed by atoms with van der Waals surface area (Å²) in [4.78, 5) is 36.5. The van der Waals surface area contributed by atoms with E-state index >= 15 is 0 Å². The minimum atomic E-state index is -0.0618. The maximum Gasteiger partial charge on any atom is 0.253 e. The lowest BCUT2D eigenvalue weighted by atomic mass is 9.69. The van der Waals surface area contributed by atoms with E-state index < -0.39 is 0 Å². The van der Waals surface area contributed by atoms with E-state index in [2.05, 4.69) is 45.5 Å².